The number of aliphatic imine (C=N–C) groups is 1. The molecule has 2 aromatic carbocycles. The number of hydrogen-bond donors (Lipinski definition) is 3. The highest BCUT2D eigenvalue weighted by Gasteiger charge is 2.10. The Balaban J connectivity index is 0.00000420. The minimum absolute atomic E-state index is 0. The van der Waals surface area contributed by atoms with E-state index in [1.165, 1.54) is 6.07 Å². The van der Waals surface area contributed by atoms with Crippen LogP contribution in [0.4, 0.5) is 4.39 Å². The molecule has 160 valence electrons. The molecule has 0 saturated carbocycles. The normalized spacial score (nSPS) is 12.3. The molecule has 0 aliphatic heterocycles. The number of guanidine groups is 1. The van der Waals surface area contributed by atoms with Gasteiger partial charge in [0.25, 0.3) is 0 Å². The first-order chi connectivity index (χ1) is 13.5. The Bertz CT molecular complexity index is 771. The van der Waals surface area contributed by atoms with Crippen molar-refractivity contribution in [3.05, 3.63) is 65.5 Å². The number of aliphatic hydroxyl groups excluding tert-OH is 1. The van der Waals surface area contributed by atoms with Crippen molar-refractivity contribution in [1.82, 2.24) is 10.6 Å². The maximum Gasteiger partial charge on any atom is 0.191 e. The number of nitrogens with zero attached hydrogens (tertiary/aromatic N) is 1. The van der Waals surface area contributed by atoms with E-state index in [1.807, 2.05) is 51.1 Å². The van der Waals surface area contributed by atoms with Crippen LogP contribution in [0.15, 0.2) is 53.5 Å². The van der Waals surface area contributed by atoms with Crippen LogP contribution in [0.3, 0.4) is 0 Å². The molecule has 0 bridgehead atoms. The summed E-state index contributed by atoms with van der Waals surface area (Å²) in [5.41, 5.74) is 1.41. The molecule has 0 spiro atoms. The minimum Gasteiger partial charge on any atom is -0.491 e. The van der Waals surface area contributed by atoms with Gasteiger partial charge in [0, 0.05) is 13.1 Å². The highest BCUT2D eigenvalue weighted by Crippen LogP contribution is 2.20. The van der Waals surface area contributed by atoms with E-state index in [9.17, 15) is 9.50 Å². The Morgan fingerprint density at radius 3 is 2.59 bits per heavy atom. The molecule has 0 heterocycles. The number of ether oxygens (including phenoxy) is 1. The van der Waals surface area contributed by atoms with Crippen LogP contribution >= 0.6 is 24.0 Å². The summed E-state index contributed by atoms with van der Waals surface area (Å²) in [7, 11) is 0. The summed E-state index contributed by atoms with van der Waals surface area (Å²) >= 11 is 0. The van der Waals surface area contributed by atoms with Crippen molar-refractivity contribution in [2.75, 3.05) is 19.6 Å². The molecule has 0 radical (unpaired) electrons. The van der Waals surface area contributed by atoms with Crippen LogP contribution < -0.4 is 15.4 Å². The van der Waals surface area contributed by atoms with Crippen molar-refractivity contribution in [3.63, 3.8) is 0 Å². The molecule has 0 aromatic heterocycles. The Morgan fingerprint density at radius 1 is 1.14 bits per heavy atom. The van der Waals surface area contributed by atoms with Crippen LogP contribution in [0, 0.1) is 5.82 Å². The number of hydrogen-bond acceptors (Lipinski definition) is 3. The first-order valence-corrected chi connectivity index (χ1v) is 9.69. The molecule has 2 rings (SSSR count). The van der Waals surface area contributed by atoms with Crippen molar-refractivity contribution in [1.29, 1.82) is 0 Å². The molecular formula is C22H31FIN3O2. The predicted molar refractivity (Wildman–Crippen MR) is 127 cm³/mol. The second-order valence-electron chi connectivity index (χ2n) is 6.74. The van der Waals surface area contributed by atoms with E-state index >= 15 is 0 Å². The highest BCUT2D eigenvalue weighted by molar-refractivity contribution is 14.0. The summed E-state index contributed by atoms with van der Waals surface area (Å²) in [6, 6.07) is 14.2. The van der Waals surface area contributed by atoms with Crippen LogP contribution in [0.5, 0.6) is 5.75 Å². The second kappa shape index (κ2) is 13.4. The monoisotopic (exact) mass is 515 g/mol. The molecule has 0 fully saturated rings. The van der Waals surface area contributed by atoms with E-state index in [0.717, 1.165) is 11.3 Å². The smallest absolute Gasteiger partial charge is 0.191 e. The fraction of sp³-hybridized carbons (Fsp3) is 0.409. The minimum atomic E-state index is -0.738. The van der Waals surface area contributed by atoms with Crippen LogP contribution in [0.2, 0.25) is 0 Å². The number of benzene rings is 2. The molecule has 5 nitrogen and oxygen atoms in total. The lowest BCUT2D eigenvalue weighted by molar-refractivity contribution is 0.185. The zero-order valence-corrected chi connectivity index (χ0v) is 19.5. The van der Waals surface area contributed by atoms with E-state index in [2.05, 4.69) is 15.6 Å². The number of halogens is 2. The van der Waals surface area contributed by atoms with Gasteiger partial charge in [-0.15, -0.1) is 24.0 Å². The molecular weight excluding hydrogens is 484 g/mol. The zero-order chi connectivity index (χ0) is 20.4. The fourth-order valence-corrected chi connectivity index (χ4v) is 2.71. The van der Waals surface area contributed by atoms with Crippen molar-refractivity contribution >= 4 is 29.9 Å². The Morgan fingerprint density at radius 2 is 1.90 bits per heavy atom. The van der Waals surface area contributed by atoms with Crippen LogP contribution in [0.1, 0.15) is 38.0 Å². The molecule has 0 aliphatic carbocycles. The van der Waals surface area contributed by atoms with Gasteiger partial charge in [-0.1, -0.05) is 30.3 Å². The van der Waals surface area contributed by atoms with Crippen LogP contribution in [-0.2, 0) is 6.42 Å². The standard InChI is InChI=1S/C22H30FN3O2.HI/c1-4-24-22(25-13-12-17-8-5-6-11-20(17)23)26-15-21(27)18-9-7-10-19(14-18)28-16(2)3;/h5-11,14,16,21,27H,4,12-13,15H2,1-3H3,(H2,24,25,26);1H. The van der Waals surface area contributed by atoms with E-state index in [0.29, 0.717) is 31.0 Å². The van der Waals surface area contributed by atoms with Gasteiger partial charge in [0.05, 0.1) is 18.8 Å². The lowest BCUT2D eigenvalue weighted by Gasteiger charge is -2.15. The molecule has 1 unspecified atom stereocenters. The van der Waals surface area contributed by atoms with Gasteiger partial charge in [0.15, 0.2) is 5.96 Å². The van der Waals surface area contributed by atoms with Gasteiger partial charge in [-0.2, -0.15) is 0 Å². The van der Waals surface area contributed by atoms with Gasteiger partial charge < -0.3 is 20.5 Å². The molecule has 0 amide bonds. The van der Waals surface area contributed by atoms with E-state index < -0.39 is 6.10 Å². The van der Waals surface area contributed by atoms with Crippen molar-refractivity contribution in [2.45, 2.75) is 39.4 Å². The SMILES string of the molecule is CCNC(=NCC(O)c1cccc(OC(C)C)c1)NCCc1ccccc1F.I. The third kappa shape index (κ3) is 8.99. The van der Waals surface area contributed by atoms with Gasteiger partial charge in [-0.3, -0.25) is 4.99 Å². The summed E-state index contributed by atoms with van der Waals surface area (Å²) in [5.74, 6) is 1.11. The molecule has 0 saturated heterocycles. The quantitative estimate of drug-likeness (QED) is 0.268. The van der Waals surface area contributed by atoms with E-state index in [1.54, 1.807) is 12.1 Å². The average Bonchev–Trinajstić information content (AvgIpc) is 2.67. The molecule has 0 aliphatic rings. The maximum absolute atomic E-state index is 13.7. The number of nitrogens with one attached hydrogen (secondary N) is 2. The summed E-state index contributed by atoms with van der Waals surface area (Å²) in [4.78, 5) is 4.44. The summed E-state index contributed by atoms with van der Waals surface area (Å²) < 4.78 is 19.4. The summed E-state index contributed by atoms with van der Waals surface area (Å²) in [5, 5.41) is 16.8. The lowest BCUT2D eigenvalue weighted by Crippen LogP contribution is -2.38. The number of aliphatic hydroxyl groups is 1. The van der Waals surface area contributed by atoms with Crippen LogP contribution in [0.25, 0.3) is 0 Å². The Hall–Kier alpha value is -1.87. The van der Waals surface area contributed by atoms with E-state index in [-0.39, 0.29) is 42.4 Å². The van der Waals surface area contributed by atoms with Crippen LogP contribution in [-0.4, -0.2) is 36.8 Å². The van der Waals surface area contributed by atoms with Gasteiger partial charge in [-0.25, -0.2) is 4.39 Å². The van der Waals surface area contributed by atoms with E-state index in [4.69, 9.17) is 4.74 Å². The Kier molecular flexibility index (Phi) is 11.6. The third-order valence-electron chi connectivity index (χ3n) is 4.03. The van der Waals surface area contributed by atoms with Crippen molar-refractivity contribution in [3.8, 4) is 5.75 Å². The first kappa shape index (κ1) is 25.2. The summed E-state index contributed by atoms with van der Waals surface area (Å²) in [6.45, 7) is 7.34. The molecule has 1 atom stereocenters. The molecule has 2 aromatic rings. The topological polar surface area (TPSA) is 65.9 Å². The third-order valence-corrected chi connectivity index (χ3v) is 4.03. The van der Waals surface area contributed by atoms with Crippen molar-refractivity contribution < 1.29 is 14.2 Å². The first-order valence-electron chi connectivity index (χ1n) is 9.69. The fourth-order valence-electron chi connectivity index (χ4n) is 2.71. The highest BCUT2D eigenvalue weighted by atomic mass is 127. The van der Waals surface area contributed by atoms with Gasteiger partial charge in [-0.05, 0) is 56.5 Å². The van der Waals surface area contributed by atoms with Crippen molar-refractivity contribution in [2.24, 2.45) is 4.99 Å². The molecule has 29 heavy (non-hydrogen) atoms. The lowest BCUT2D eigenvalue weighted by atomic mass is 10.1. The van der Waals surface area contributed by atoms with Gasteiger partial charge in [0.2, 0.25) is 0 Å². The second-order valence-corrected chi connectivity index (χ2v) is 6.74. The summed E-state index contributed by atoms with van der Waals surface area (Å²) in [6.07, 6.45) is -0.115. The van der Waals surface area contributed by atoms with Gasteiger partial charge in [0.1, 0.15) is 11.6 Å². The maximum atomic E-state index is 13.7. The Labute approximate surface area is 189 Å². The number of rotatable bonds is 9. The molecule has 3 N–H and O–H groups in total. The predicted octanol–water partition coefficient (Wildman–Crippen LogP) is 4.06. The van der Waals surface area contributed by atoms with Gasteiger partial charge >= 0.3 is 0 Å². The average molecular weight is 515 g/mol. The molecule has 7 heteroatoms. The largest absolute Gasteiger partial charge is 0.491 e. The zero-order valence-electron chi connectivity index (χ0n) is 17.2.